The van der Waals surface area contributed by atoms with Crippen molar-refractivity contribution in [3.63, 3.8) is 0 Å². The van der Waals surface area contributed by atoms with E-state index in [9.17, 15) is 10.1 Å². The van der Waals surface area contributed by atoms with E-state index in [2.05, 4.69) is 28.2 Å². The highest BCUT2D eigenvalue weighted by atomic mass is 79.9. The Kier molecular flexibility index (Phi) is 5.40. The smallest absolute Gasteiger partial charge is 0.292 e. The van der Waals surface area contributed by atoms with Crippen molar-refractivity contribution in [1.82, 2.24) is 0 Å². The van der Waals surface area contributed by atoms with Crippen molar-refractivity contribution in [3.05, 3.63) is 32.8 Å². The van der Waals surface area contributed by atoms with Crippen molar-refractivity contribution in [3.8, 4) is 0 Å². The zero-order valence-corrected chi connectivity index (χ0v) is 13.4. The van der Waals surface area contributed by atoms with E-state index in [0.717, 1.165) is 29.3 Å². The molecule has 0 heterocycles. The third-order valence-corrected chi connectivity index (χ3v) is 4.56. The quantitative estimate of drug-likeness (QED) is 0.607. The molecule has 1 saturated carbocycles. The summed E-state index contributed by atoms with van der Waals surface area (Å²) in [6, 6.07) is 5.02. The normalized spacial score (nSPS) is 22.5. The van der Waals surface area contributed by atoms with Crippen LogP contribution in [0.4, 0.5) is 11.4 Å². The minimum atomic E-state index is -0.336. The first-order chi connectivity index (χ1) is 9.56. The van der Waals surface area contributed by atoms with E-state index in [1.54, 1.807) is 12.1 Å². The van der Waals surface area contributed by atoms with E-state index in [4.69, 9.17) is 0 Å². The second-order valence-electron chi connectivity index (χ2n) is 5.77. The number of halogens is 1. The number of rotatable bonds is 5. The van der Waals surface area contributed by atoms with Gasteiger partial charge < -0.3 is 5.32 Å². The zero-order chi connectivity index (χ0) is 14.5. The van der Waals surface area contributed by atoms with Gasteiger partial charge >= 0.3 is 0 Å². The van der Waals surface area contributed by atoms with Crippen LogP contribution in [0.5, 0.6) is 0 Å². The summed E-state index contributed by atoms with van der Waals surface area (Å²) in [7, 11) is 0. The highest BCUT2D eigenvalue weighted by Gasteiger charge is 2.19. The molecule has 110 valence electrons. The highest BCUT2D eigenvalue weighted by Crippen LogP contribution is 2.32. The van der Waals surface area contributed by atoms with Crippen molar-refractivity contribution in [1.29, 1.82) is 0 Å². The lowest BCUT2D eigenvalue weighted by Gasteiger charge is -2.26. The molecule has 0 amide bonds. The van der Waals surface area contributed by atoms with E-state index >= 15 is 0 Å². The van der Waals surface area contributed by atoms with Crippen molar-refractivity contribution in [2.24, 2.45) is 11.8 Å². The van der Waals surface area contributed by atoms with Crippen LogP contribution in [0.15, 0.2) is 22.7 Å². The number of nitro groups is 1. The van der Waals surface area contributed by atoms with Gasteiger partial charge in [-0.2, -0.15) is 0 Å². The second-order valence-corrected chi connectivity index (χ2v) is 6.69. The molecule has 0 saturated heterocycles. The first kappa shape index (κ1) is 15.3. The van der Waals surface area contributed by atoms with Gasteiger partial charge in [0.15, 0.2) is 0 Å². The first-order valence-corrected chi connectivity index (χ1v) is 8.03. The topological polar surface area (TPSA) is 55.2 Å². The van der Waals surface area contributed by atoms with Gasteiger partial charge in [-0.25, -0.2) is 0 Å². The monoisotopic (exact) mass is 340 g/mol. The molecule has 0 spiro atoms. The maximum absolute atomic E-state index is 11.0. The molecule has 0 aromatic heterocycles. The maximum Gasteiger partial charge on any atom is 0.292 e. The van der Waals surface area contributed by atoms with Crippen LogP contribution in [0, 0.1) is 22.0 Å². The molecule has 20 heavy (non-hydrogen) atoms. The SMILES string of the molecule is CC1CCCC(CCNc2cc(Br)ccc2[N+](=O)[O-])C1. The van der Waals surface area contributed by atoms with E-state index in [1.165, 1.54) is 31.7 Å². The molecule has 2 atom stereocenters. The van der Waals surface area contributed by atoms with Gasteiger partial charge in [0, 0.05) is 17.1 Å². The number of nitro benzene ring substituents is 1. The Hall–Kier alpha value is -1.10. The minimum Gasteiger partial charge on any atom is -0.379 e. The summed E-state index contributed by atoms with van der Waals surface area (Å²) < 4.78 is 0.858. The number of anilines is 1. The van der Waals surface area contributed by atoms with Crippen LogP contribution in [0.2, 0.25) is 0 Å². The number of nitrogens with zero attached hydrogens (tertiary/aromatic N) is 1. The Bertz CT molecular complexity index is 479. The Labute approximate surface area is 128 Å². The van der Waals surface area contributed by atoms with Crippen LogP contribution < -0.4 is 5.32 Å². The number of hydrogen-bond acceptors (Lipinski definition) is 3. The Balaban J connectivity index is 1.90. The molecule has 4 nitrogen and oxygen atoms in total. The molecule has 0 bridgehead atoms. The van der Waals surface area contributed by atoms with Crippen molar-refractivity contribution < 1.29 is 4.92 Å². The molecule has 2 rings (SSSR count). The third-order valence-electron chi connectivity index (χ3n) is 4.07. The molecule has 1 aliphatic carbocycles. The average Bonchev–Trinajstić information content (AvgIpc) is 2.38. The van der Waals surface area contributed by atoms with Crippen molar-refractivity contribution >= 4 is 27.3 Å². The predicted octanol–water partition coefficient (Wildman–Crippen LogP) is 4.99. The van der Waals surface area contributed by atoms with E-state index in [0.29, 0.717) is 5.69 Å². The maximum atomic E-state index is 11.0. The molecule has 1 aromatic rings. The molecular weight excluding hydrogens is 320 g/mol. The molecule has 1 N–H and O–H groups in total. The van der Waals surface area contributed by atoms with Gasteiger partial charge in [0.25, 0.3) is 5.69 Å². The number of benzene rings is 1. The van der Waals surface area contributed by atoms with Crippen molar-refractivity contribution in [2.75, 3.05) is 11.9 Å². The Morgan fingerprint density at radius 3 is 2.95 bits per heavy atom. The third kappa shape index (κ3) is 4.20. The largest absolute Gasteiger partial charge is 0.379 e. The van der Waals surface area contributed by atoms with Gasteiger partial charge in [0.1, 0.15) is 5.69 Å². The number of hydrogen-bond donors (Lipinski definition) is 1. The van der Waals surface area contributed by atoms with Gasteiger partial charge in [0.2, 0.25) is 0 Å². The van der Waals surface area contributed by atoms with Crippen LogP contribution in [-0.2, 0) is 0 Å². The lowest BCUT2D eigenvalue weighted by Crippen LogP contribution is -2.16. The van der Waals surface area contributed by atoms with Crippen LogP contribution in [-0.4, -0.2) is 11.5 Å². The van der Waals surface area contributed by atoms with Crippen LogP contribution in [0.1, 0.15) is 39.0 Å². The van der Waals surface area contributed by atoms with Gasteiger partial charge in [-0.3, -0.25) is 10.1 Å². The Morgan fingerprint density at radius 2 is 2.25 bits per heavy atom. The first-order valence-electron chi connectivity index (χ1n) is 7.24. The van der Waals surface area contributed by atoms with Gasteiger partial charge in [-0.1, -0.05) is 42.1 Å². The van der Waals surface area contributed by atoms with Gasteiger partial charge in [-0.15, -0.1) is 0 Å². The summed E-state index contributed by atoms with van der Waals surface area (Å²) in [6.45, 7) is 3.12. The van der Waals surface area contributed by atoms with E-state index < -0.39 is 0 Å². The molecule has 5 heteroatoms. The zero-order valence-electron chi connectivity index (χ0n) is 11.8. The van der Waals surface area contributed by atoms with Crippen LogP contribution >= 0.6 is 15.9 Å². The molecule has 1 aliphatic rings. The standard InChI is InChI=1S/C15H21BrN2O2/c1-11-3-2-4-12(9-11)7-8-17-14-10-13(16)5-6-15(14)18(19)20/h5-6,10-12,17H,2-4,7-9H2,1H3. The summed E-state index contributed by atoms with van der Waals surface area (Å²) >= 11 is 3.36. The molecule has 1 fully saturated rings. The van der Waals surface area contributed by atoms with E-state index in [1.807, 2.05) is 0 Å². The fourth-order valence-electron chi connectivity index (χ4n) is 3.04. The second kappa shape index (κ2) is 7.07. The predicted molar refractivity (Wildman–Crippen MR) is 85.0 cm³/mol. The fourth-order valence-corrected chi connectivity index (χ4v) is 3.40. The summed E-state index contributed by atoms with van der Waals surface area (Å²) in [5.41, 5.74) is 0.749. The van der Waals surface area contributed by atoms with E-state index in [-0.39, 0.29) is 10.6 Å². The van der Waals surface area contributed by atoms with Crippen LogP contribution in [0.3, 0.4) is 0 Å². The van der Waals surface area contributed by atoms with Crippen LogP contribution in [0.25, 0.3) is 0 Å². The van der Waals surface area contributed by atoms with Gasteiger partial charge in [0.05, 0.1) is 4.92 Å². The number of nitrogens with one attached hydrogen (secondary N) is 1. The van der Waals surface area contributed by atoms with Gasteiger partial charge in [-0.05, 0) is 36.8 Å². The molecule has 1 aromatic carbocycles. The highest BCUT2D eigenvalue weighted by molar-refractivity contribution is 9.10. The molecular formula is C15H21BrN2O2. The molecule has 0 radical (unpaired) electrons. The summed E-state index contributed by atoms with van der Waals surface area (Å²) in [5.74, 6) is 1.59. The summed E-state index contributed by atoms with van der Waals surface area (Å²) in [4.78, 5) is 10.7. The summed E-state index contributed by atoms with van der Waals surface area (Å²) in [5, 5.41) is 14.2. The van der Waals surface area contributed by atoms with Crippen molar-refractivity contribution in [2.45, 2.75) is 39.0 Å². The minimum absolute atomic E-state index is 0.144. The lowest BCUT2D eigenvalue weighted by atomic mass is 9.81. The molecule has 0 aliphatic heterocycles. The fraction of sp³-hybridized carbons (Fsp3) is 0.600. The summed E-state index contributed by atoms with van der Waals surface area (Å²) in [6.07, 6.45) is 6.35. The Morgan fingerprint density at radius 1 is 1.45 bits per heavy atom. The lowest BCUT2D eigenvalue weighted by molar-refractivity contribution is -0.384. The molecule has 2 unspecified atom stereocenters. The average molecular weight is 341 g/mol.